The van der Waals surface area contributed by atoms with Gasteiger partial charge in [0.15, 0.2) is 0 Å². The minimum Gasteiger partial charge on any atom is -0.337 e. The van der Waals surface area contributed by atoms with Gasteiger partial charge in [-0.3, -0.25) is 15.1 Å². The average molecular weight is 287 g/mol. The lowest BCUT2D eigenvalue weighted by Gasteiger charge is -2.16. The van der Waals surface area contributed by atoms with E-state index in [9.17, 15) is 4.79 Å². The molecule has 0 bridgehead atoms. The van der Waals surface area contributed by atoms with Gasteiger partial charge in [0.2, 0.25) is 5.91 Å². The topological polar surface area (TPSA) is 76.2 Å². The number of hydrazine groups is 1. The van der Waals surface area contributed by atoms with E-state index in [2.05, 4.69) is 22.4 Å². The predicted octanol–water partition coefficient (Wildman–Crippen LogP) is 0.584. The summed E-state index contributed by atoms with van der Waals surface area (Å²) >= 11 is 0. The summed E-state index contributed by atoms with van der Waals surface area (Å²) < 4.78 is 2.02. The van der Waals surface area contributed by atoms with Crippen molar-refractivity contribution in [2.75, 3.05) is 7.05 Å². The first-order valence-corrected chi connectivity index (χ1v) is 6.80. The number of amides is 1. The first kappa shape index (κ1) is 15.2. The molecule has 0 aliphatic rings. The number of imidazole rings is 1. The van der Waals surface area contributed by atoms with Crippen molar-refractivity contribution >= 4 is 5.91 Å². The molecule has 1 heterocycles. The maximum Gasteiger partial charge on any atom is 0.238 e. The summed E-state index contributed by atoms with van der Waals surface area (Å²) in [6.07, 6.45) is 4.06. The molecule has 0 radical (unpaired) electrons. The molecule has 112 valence electrons. The van der Waals surface area contributed by atoms with Crippen LogP contribution in [0.3, 0.4) is 0 Å². The van der Waals surface area contributed by atoms with Gasteiger partial charge in [-0.1, -0.05) is 24.3 Å². The van der Waals surface area contributed by atoms with Crippen LogP contribution in [0.25, 0.3) is 0 Å². The third-order valence-corrected chi connectivity index (χ3v) is 3.33. The highest BCUT2D eigenvalue weighted by Gasteiger charge is 2.06. The maximum atomic E-state index is 11.2. The molecule has 0 saturated heterocycles. The van der Waals surface area contributed by atoms with Crippen LogP contribution in [0.4, 0.5) is 0 Å². The van der Waals surface area contributed by atoms with Crippen LogP contribution < -0.4 is 11.3 Å². The lowest BCUT2D eigenvalue weighted by Crippen LogP contribution is -2.31. The summed E-state index contributed by atoms with van der Waals surface area (Å²) in [5.41, 5.74) is 4.28. The molecule has 2 rings (SSSR count). The molecular formula is C15H21N5O. The third-order valence-electron chi connectivity index (χ3n) is 3.33. The van der Waals surface area contributed by atoms with Crippen LogP contribution in [0, 0.1) is 0 Å². The fourth-order valence-corrected chi connectivity index (χ4v) is 2.16. The van der Waals surface area contributed by atoms with Crippen molar-refractivity contribution < 1.29 is 4.79 Å². The Hall–Kier alpha value is -2.18. The summed E-state index contributed by atoms with van der Waals surface area (Å²) in [6, 6.07) is 7.99. The first-order valence-electron chi connectivity index (χ1n) is 6.80. The van der Waals surface area contributed by atoms with Crippen LogP contribution in [-0.2, 0) is 31.4 Å². The number of nitrogens with two attached hydrogens (primary N) is 1. The summed E-state index contributed by atoms with van der Waals surface area (Å²) in [5.74, 6) is 5.93. The second kappa shape index (κ2) is 7.01. The average Bonchev–Trinajstić information content (AvgIpc) is 2.86. The van der Waals surface area contributed by atoms with Crippen LogP contribution in [0.5, 0.6) is 0 Å². The molecule has 0 atom stereocenters. The second-order valence-corrected chi connectivity index (χ2v) is 5.19. The van der Waals surface area contributed by atoms with Crippen LogP contribution in [-0.4, -0.2) is 27.4 Å². The van der Waals surface area contributed by atoms with Crippen molar-refractivity contribution in [1.29, 1.82) is 0 Å². The number of rotatable bonds is 6. The number of nitrogens with zero attached hydrogens (tertiary/aromatic N) is 3. The molecule has 21 heavy (non-hydrogen) atoms. The largest absolute Gasteiger partial charge is 0.337 e. The Kier molecular flexibility index (Phi) is 5.08. The van der Waals surface area contributed by atoms with Crippen molar-refractivity contribution in [1.82, 2.24) is 19.9 Å². The SMILES string of the molecule is CN(Cc1ccc(CC(=O)NN)cc1)Cc1nccn1C. The zero-order valence-electron chi connectivity index (χ0n) is 12.4. The van der Waals surface area contributed by atoms with Gasteiger partial charge in [-0.05, 0) is 18.2 Å². The standard InChI is InChI=1S/C15H21N5O/c1-19(11-14-17-7-8-20(14)2)10-13-5-3-12(4-6-13)9-15(21)18-16/h3-8H,9-11,16H2,1-2H3,(H,18,21). The smallest absolute Gasteiger partial charge is 0.238 e. The number of aryl methyl sites for hydroxylation is 1. The third kappa shape index (κ3) is 4.40. The number of hydrogen-bond donors (Lipinski definition) is 2. The molecule has 1 amide bonds. The Morgan fingerprint density at radius 2 is 1.95 bits per heavy atom. The molecule has 0 aliphatic heterocycles. The Labute approximate surface area is 124 Å². The Balaban J connectivity index is 1.90. The predicted molar refractivity (Wildman–Crippen MR) is 80.9 cm³/mol. The van der Waals surface area contributed by atoms with E-state index in [0.29, 0.717) is 6.42 Å². The Morgan fingerprint density at radius 3 is 2.52 bits per heavy atom. The molecule has 2 aromatic rings. The highest BCUT2D eigenvalue weighted by atomic mass is 16.2. The fourth-order valence-electron chi connectivity index (χ4n) is 2.16. The number of benzene rings is 1. The molecule has 1 aromatic heterocycles. The molecule has 6 nitrogen and oxygen atoms in total. The van der Waals surface area contributed by atoms with Gasteiger partial charge in [-0.25, -0.2) is 10.8 Å². The minimum atomic E-state index is -0.186. The molecule has 3 N–H and O–H groups in total. The van der Waals surface area contributed by atoms with Crippen molar-refractivity contribution in [2.24, 2.45) is 12.9 Å². The van der Waals surface area contributed by atoms with Gasteiger partial charge >= 0.3 is 0 Å². The van der Waals surface area contributed by atoms with E-state index in [0.717, 1.165) is 24.5 Å². The van der Waals surface area contributed by atoms with Gasteiger partial charge in [0.05, 0.1) is 13.0 Å². The zero-order chi connectivity index (χ0) is 15.2. The van der Waals surface area contributed by atoms with E-state index in [4.69, 9.17) is 5.84 Å². The van der Waals surface area contributed by atoms with E-state index >= 15 is 0 Å². The summed E-state index contributed by atoms with van der Waals surface area (Å²) in [5, 5.41) is 0. The van der Waals surface area contributed by atoms with Gasteiger partial charge in [0, 0.05) is 26.0 Å². The van der Waals surface area contributed by atoms with Crippen LogP contribution >= 0.6 is 0 Å². The van der Waals surface area contributed by atoms with E-state index in [1.165, 1.54) is 5.56 Å². The highest BCUT2D eigenvalue weighted by molar-refractivity contribution is 5.77. The number of carbonyl (C=O) groups excluding carboxylic acids is 1. The van der Waals surface area contributed by atoms with Crippen molar-refractivity contribution in [3.05, 3.63) is 53.6 Å². The molecule has 0 saturated carbocycles. The molecule has 0 spiro atoms. The molecule has 6 heteroatoms. The lowest BCUT2D eigenvalue weighted by molar-refractivity contribution is -0.120. The van der Waals surface area contributed by atoms with E-state index in [-0.39, 0.29) is 5.91 Å². The maximum absolute atomic E-state index is 11.2. The van der Waals surface area contributed by atoms with Crippen LogP contribution in [0.2, 0.25) is 0 Å². The number of carbonyl (C=O) groups is 1. The number of nitrogens with one attached hydrogen (secondary N) is 1. The van der Waals surface area contributed by atoms with Gasteiger partial charge in [0.25, 0.3) is 0 Å². The van der Waals surface area contributed by atoms with Crippen molar-refractivity contribution in [2.45, 2.75) is 19.5 Å². The van der Waals surface area contributed by atoms with Gasteiger partial charge in [-0.15, -0.1) is 0 Å². The molecule has 1 aromatic carbocycles. The fraction of sp³-hybridized carbons (Fsp3) is 0.333. The summed E-state index contributed by atoms with van der Waals surface area (Å²) in [6.45, 7) is 1.62. The van der Waals surface area contributed by atoms with Crippen molar-refractivity contribution in [3.63, 3.8) is 0 Å². The van der Waals surface area contributed by atoms with Gasteiger partial charge in [0.1, 0.15) is 5.82 Å². The van der Waals surface area contributed by atoms with Gasteiger partial charge in [-0.2, -0.15) is 0 Å². The first-order chi connectivity index (χ1) is 10.1. The quantitative estimate of drug-likeness (QED) is 0.463. The zero-order valence-corrected chi connectivity index (χ0v) is 12.4. The highest BCUT2D eigenvalue weighted by Crippen LogP contribution is 2.09. The summed E-state index contributed by atoms with van der Waals surface area (Å²) in [7, 11) is 4.05. The Morgan fingerprint density at radius 1 is 1.29 bits per heavy atom. The van der Waals surface area contributed by atoms with E-state index in [1.807, 2.05) is 42.1 Å². The number of hydrogen-bond acceptors (Lipinski definition) is 4. The monoisotopic (exact) mass is 287 g/mol. The van der Waals surface area contributed by atoms with E-state index < -0.39 is 0 Å². The van der Waals surface area contributed by atoms with Crippen molar-refractivity contribution in [3.8, 4) is 0 Å². The van der Waals surface area contributed by atoms with Crippen LogP contribution in [0.1, 0.15) is 17.0 Å². The minimum absolute atomic E-state index is 0.186. The molecule has 0 fully saturated rings. The second-order valence-electron chi connectivity index (χ2n) is 5.19. The summed E-state index contributed by atoms with van der Waals surface area (Å²) in [4.78, 5) is 17.7. The van der Waals surface area contributed by atoms with Gasteiger partial charge < -0.3 is 4.57 Å². The number of aromatic nitrogens is 2. The molecule has 0 unspecified atom stereocenters. The Bertz CT molecular complexity index is 590. The normalized spacial score (nSPS) is 10.9. The van der Waals surface area contributed by atoms with E-state index in [1.54, 1.807) is 6.20 Å². The molecular weight excluding hydrogens is 266 g/mol. The van der Waals surface area contributed by atoms with Crippen LogP contribution in [0.15, 0.2) is 36.7 Å². The lowest BCUT2D eigenvalue weighted by atomic mass is 10.1. The molecule has 0 aliphatic carbocycles.